The summed E-state index contributed by atoms with van der Waals surface area (Å²) in [4.78, 5) is 0. The highest BCUT2D eigenvalue weighted by molar-refractivity contribution is 5.88. The van der Waals surface area contributed by atoms with Crippen molar-refractivity contribution in [1.29, 1.82) is 0 Å². The van der Waals surface area contributed by atoms with Crippen molar-refractivity contribution in [3.05, 3.63) is 35.6 Å². The number of rotatable bonds is 1. The molecule has 1 aromatic carbocycles. The molecule has 0 aliphatic rings. The lowest BCUT2D eigenvalue weighted by Gasteiger charge is -1.91. The third kappa shape index (κ3) is 1.28. The zero-order valence-electron chi connectivity index (χ0n) is 7.19. The molecule has 2 rings (SSSR count). The van der Waals surface area contributed by atoms with Crippen LogP contribution in [-0.2, 0) is 0 Å². The van der Waals surface area contributed by atoms with Crippen LogP contribution in [0.15, 0.2) is 34.0 Å². The first-order chi connectivity index (χ1) is 6.31. The quantitative estimate of drug-likeness (QED) is 0.411. The Balaban J connectivity index is 2.63. The minimum atomic E-state index is 0.815. The van der Waals surface area contributed by atoms with Crippen LogP contribution in [0.5, 0.6) is 0 Å². The van der Waals surface area contributed by atoms with Crippen molar-refractivity contribution in [3.8, 4) is 0 Å². The fraction of sp³-hybridized carbons (Fsp3) is 0.100. The summed E-state index contributed by atoms with van der Waals surface area (Å²) < 4.78 is 5.29. The second-order valence-electron chi connectivity index (χ2n) is 2.92. The lowest BCUT2D eigenvalue weighted by molar-refractivity contribution is 0.322. The van der Waals surface area contributed by atoms with Crippen molar-refractivity contribution >= 4 is 17.2 Å². The molecule has 0 saturated heterocycles. The Morgan fingerprint density at radius 2 is 2.31 bits per heavy atom. The van der Waals surface area contributed by atoms with Crippen LogP contribution in [0.2, 0.25) is 0 Å². The van der Waals surface area contributed by atoms with Gasteiger partial charge in [-0.05, 0) is 24.1 Å². The Morgan fingerprint density at radius 1 is 1.46 bits per heavy atom. The Bertz CT molecular complexity index is 457. The average Bonchev–Trinajstić information content (AvgIpc) is 2.48. The first-order valence-electron chi connectivity index (χ1n) is 3.96. The van der Waals surface area contributed by atoms with E-state index in [9.17, 15) is 0 Å². The van der Waals surface area contributed by atoms with Gasteiger partial charge in [0.25, 0.3) is 0 Å². The van der Waals surface area contributed by atoms with Crippen LogP contribution < -0.4 is 0 Å². The van der Waals surface area contributed by atoms with Crippen LogP contribution in [0.4, 0.5) is 0 Å². The second-order valence-corrected chi connectivity index (χ2v) is 2.92. The standard InChI is InChI=1S/C10H9NO2/c1-7-6-13-10-4-8(5-11-12)2-3-9(7)10/h2-6,12H,1H3/b11-5+. The number of fused-ring (bicyclic) bond motifs is 1. The maximum atomic E-state index is 8.34. The van der Waals surface area contributed by atoms with Crippen molar-refractivity contribution in [3.63, 3.8) is 0 Å². The zero-order valence-corrected chi connectivity index (χ0v) is 7.19. The Morgan fingerprint density at radius 3 is 3.08 bits per heavy atom. The number of benzene rings is 1. The molecule has 0 bridgehead atoms. The molecule has 0 saturated carbocycles. The summed E-state index contributed by atoms with van der Waals surface area (Å²) in [7, 11) is 0. The van der Waals surface area contributed by atoms with Crippen LogP contribution in [0.3, 0.4) is 0 Å². The van der Waals surface area contributed by atoms with Gasteiger partial charge >= 0.3 is 0 Å². The first-order valence-corrected chi connectivity index (χ1v) is 3.96. The largest absolute Gasteiger partial charge is 0.464 e. The molecule has 13 heavy (non-hydrogen) atoms. The Labute approximate surface area is 75.3 Å². The van der Waals surface area contributed by atoms with Crippen LogP contribution in [0.25, 0.3) is 11.0 Å². The lowest BCUT2D eigenvalue weighted by atomic mass is 10.1. The summed E-state index contributed by atoms with van der Waals surface area (Å²) in [6.45, 7) is 1.99. The number of hydrogen-bond acceptors (Lipinski definition) is 3. The molecule has 1 N–H and O–H groups in total. The van der Waals surface area contributed by atoms with E-state index >= 15 is 0 Å². The van der Waals surface area contributed by atoms with Gasteiger partial charge in [-0.1, -0.05) is 17.3 Å². The first kappa shape index (κ1) is 7.86. The molecule has 0 spiro atoms. The minimum Gasteiger partial charge on any atom is -0.464 e. The fourth-order valence-electron chi connectivity index (χ4n) is 1.32. The molecule has 0 amide bonds. The molecule has 1 heterocycles. The summed E-state index contributed by atoms with van der Waals surface area (Å²) in [6, 6.07) is 5.66. The summed E-state index contributed by atoms with van der Waals surface area (Å²) in [6.07, 6.45) is 3.09. The van der Waals surface area contributed by atoms with E-state index < -0.39 is 0 Å². The average molecular weight is 175 g/mol. The number of furan rings is 1. The third-order valence-corrected chi connectivity index (χ3v) is 2.00. The van der Waals surface area contributed by atoms with E-state index in [1.54, 1.807) is 6.26 Å². The molecule has 0 aliphatic carbocycles. The molecular weight excluding hydrogens is 166 g/mol. The molecule has 0 unspecified atom stereocenters. The second kappa shape index (κ2) is 2.94. The highest BCUT2D eigenvalue weighted by atomic mass is 16.4. The van der Waals surface area contributed by atoms with E-state index in [-0.39, 0.29) is 0 Å². The molecule has 3 heteroatoms. The predicted octanol–water partition coefficient (Wildman–Crippen LogP) is 2.55. The fourth-order valence-corrected chi connectivity index (χ4v) is 1.32. The van der Waals surface area contributed by atoms with E-state index in [1.807, 2.05) is 25.1 Å². The van der Waals surface area contributed by atoms with Gasteiger partial charge in [0, 0.05) is 5.39 Å². The minimum absolute atomic E-state index is 0.815. The maximum Gasteiger partial charge on any atom is 0.134 e. The smallest absolute Gasteiger partial charge is 0.134 e. The molecule has 0 fully saturated rings. The van der Waals surface area contributed by atoms with Crippen molar-refractivity contribution in [2.24, 2.45) is 5.16 Å². The van der Waals surface area contributed by atoms with Gasteiger partial charge in [0.05, 0.1) is 12.5 Å². The molecule has 0 radical (unpaired) electrons. The third-order valence-electron chi connectivity index (χ3n) is 2.00. The Hall–Kier alpha value is -1.77. The highest BCUT2D eigenvalue weighted by Crippen LogP contribution is 2.20. The van der Waals surface area contributed by atoms with Gasteiger partial charge in [-0.3, -0.25) is 0 Å². The van der Waals surface area contributed by atoms with Crippen LogP contribution in [0.1, 0.15) is 11.1 Å². The van der Waals surface area contributed by atoms with Gasteiger partial charge in [-0.15, -0.1) is 0 Å². The number of oxime groups is 1. The zero-order chi connectivity index (χ0) is 9.26. The molecule has 3 nitrogen and oxygen atoms in total. The van der Waals surface area contributed by atoms with Crippen molar-refractivity contribution in [2.45, 2.75) is 6.92 Å². The maximum absolute atomic E-state index is 8.34. The van der Waals surface area contributed by atoms with Crippen molar-refractivity contribution < 1.29 is 9.62 Å². The summed E-state index contributed by atoms with van der Waals surface area (Å²) in [5.74, 6) is 0. The van der Waals surface area contributed by atoms with Gasteiger partial charge in [0.1, 0.15) is 5.58 Å². The lowest BCUT2D eigenvalue weighted by Crippen LogP contribution is -1.79. The van der Waals surface area contributed by atoms with E-state index in [0.29, 0.717) is 0 Å². The topological polar surface area (TPSA) is 45.7 Å². The van der Waals surface area contributed by atoms with Crippen LogP contribution in [0, 0.1) is 6.92 Å². The molecule has 1 aromatic heterocycles. The van der Waals surface area contributed by atoms with Gasteiger partial charge < -0.3 is 9.62 Å². The SMILES string of the molecule is Cc1coc2cc(/C=N/O)ccc12. The number of nitrogens with zero attached hydrogens (tertiary/aromatic N) is 1. The number of hydrogen-bond donors (Lipinski definition) is 1. The van der Waals surface area contributed by atoms with Gasteiger partial charge in [-0.2, -0.15) is 0 Å². The summed E-state index contributed by atoms with van der Waals surface area (Å²) in [5, 5.41) is 12.4. The van der Waals surface area contributed by atoms with Gasteiger partial charge in [0.2, 0.25) is 0 Å². The van der Waals surface area contributed by atoms with E-state index in [4.69, 9.17) is 9.62 Å². The van der Waals surface area contributed by atoms with Crippen molar-refractivity contribution in [2.75, 3.05) is 0 Å². The molecule has 0 aliphatic heterocycles. The predicted molar refractivity (Wildman–Crippen MR) is 50.3 cm³/mol. The monoisotopic (exact) mass is 175 g/mol. The van der Waals surface area contributed by atoms with E-state index in [0.717, 1.165) is 22.1 Å². The van der Waals surface area contributed by atoms with Crippen molar-refractivity contribution in [1.82, 2.24) is 0 Å². The van der Waals surface area contributed by atoms with Crippen LogP contribution in [-0.4, -0.2) is 11.4 Å². The number of aryl methyl sites for hydroxylation is 1. The van der Waals surface area contributed by atoms with E-state index in [2.05, 4.69) is 5.16 Å². The molecule has 0 atom stereocenters. The highest BCUT2D eigenvalue weighted by Gasteiger charge is 2.01. The van der Waals surface area contributed by atoms with Gasteiger partial charge in [-0.25, -0.2) is 0 Å². The molecular formula is C10H9NO2. The summed E-state index contributed by atoms with van der Waals surface area (Å²) in [5.41, 5.74) is 2.75. The summed E-state index contributed by atoms with van der Waals surface area (Å²) >= 11 is 0. The normalized spacial score (nSPS) is 11.5. The van der Waals surface area contributed by atoms with Gasteiger partial charge in [0.15, 0.2) is 0 Å². The Kier molecular flexibility index (Phi) is 1.77. The molecule has 66 valence electrons. The molecule has 2 aromatic rings. The van der Waals surface area contributed by atoms with E-state index in [1.165, 1.54) is 6.21 Å². The van der Waals surface area contributed by atoms with Crippen LogP contribution >= 0.6 is 0 Å².